The van der Waals surface area contributed by atoms with Gasteiger partial charge in [-0.15, -0.1) is 24.9 Å². The number of nitrogens with zero attached hydrogens (tertiary/aromatic N) is 3. The topological polar surface area (TPSA) is 81.2 Å². The van der Waals surface area contributed by atoms with Gasteiger partial charge in [0.05, 0.1) is 16.6 Å². The van der Waals surface area contributed by atoms with Gasteiger partial charge in [0, 0.05) is 44.2 Å². The van der Waals surface area contributed by atoms with Crippen LogP contribution in [0.5, 0.6) is 0 Å². The highest BCUT2D eigenvalue weighted by atomic mass is 32.2. The summed E-state index contributed by atoms with van der Waals surface area (Å²) in [4.78, 5) is 48.2. The molecule has 3 unspecified atom stereocenters. The molecule has 1 spiro atoms. The maximum absolute atomic E-state index is 14.8. The van der Waals surface area contributed by atoms with Crippen LogP contribution in [0, 0.1) is 31.6 Å². The Morgan fingerprint density at radius 2 is 1.82 bits per heavy atom. The minimum Gasteiger partial charge on any atom is -0.396 e. The average Bonchev–Trinajstić information content (AvgIpc) is 3.51. The van der Waals surface area contributed by atoms with Crippen molar-refractivity contribution < 1.29 is 19.5 Å². The molecular weight excluding hydrogens is 522 g/mol. The lowest BCUT2D eigenvalue weighted by Crippen LogP contribution is -2.57. The third-order valence-electron chi connectivity index (χ3n) is 9.08. The fourth-order valence-corrected chi connectivity index (χ4v) is 9.61. The second kappa shape index (κ2) is 12.5. The van der Waals surface area contributed by atoms with Gasteiger partial charge in [-0.25, -0.2) is 0 Å². The number of aryl methyl sites for hydroxylation is 2. The zero-order valence-electron chi connectivity index (χ0n) is 24.5. The number of thioether (sulfide) groups is 1. The number of amides is 3. The number of hydrogen-bond acceptors (Lipinski definition) is 5. The molecule has 218 valence electrons. The van der Waals surface area contributed by atoms with E-state index in [4.69, 9.17) is 0 Å². The minimum absolute atomic E-state index is 0.0132. The van der Waals surface area contributed by atoms with E-state index in [9.17, 15) is 19.5 Å². The molecule has 1 aromatic carbocycles. The van der Waals surface area contributed by atoms with Crippen molar-refractivity contribution in [2.75, 3.05) is 38.2 Å². The molecule has 3 heterocycles. The zero-order valence-corrected chi connectivity index (χ0v) is 25.3. The van der Waals surface area contributed by atoms with Crippen molar-refractivity contribution in [3.8, 4) is 0 Å². The minimum atomic E-state index is -0.657. The van der Waals surface area contributed by atoms with Gasteiger partial charge in [0.1, 0.15) is 6.04 Å². The molecular formula is C32H45N3O4S. The Hall–Kier alpha value is -2.58. The van der Waals surface area contributed by atoms with Crippen molar-refractivity contribution in [1.82, 2.24) is 9.80 Å². The van der Waals surface area contributed by atoms with Crippen LogP contribution in [0.4, 0.5) is 5.69 Å². The molecule has 1 aromatic rings. The van der Waals surface area contributed by atoms with Crippen LogP contribution in [0.15, 0.2) is 43.5 Å². The number of carbonyl (C=O) groups excluding carboxylic acids is 3. The summed E-state index contributed by atoms with van der Waals surface area (Å²) in [7, 11) is 1.77. The molecule has 3 amide bonds. The van der Waals surface area contributed by atoms with Crippen LogP contribution in [0.1, 0.15) is 50.2 Å². The number of likely N-dealkylation sites (tertiary alicyclic amines) is 1. The van der Waals surface area contributed by atoms with Crippen LogP contribution in [-0.2, 0) is 14.4 Å². The van der Waals surface area contributed by atoms with Gasteiger partial charge < -0.3 is 19.8 Å². The smallest absolute Gasteiger partial charge is 0.251 e. The molecule has 3 fully saturated rings. The Bertz CT molecular complexity index is 1150. The summed E-state index contributed by atoms with van der Waals surface area (Å²) in [5, 5.41) is 9.21. The number of carbonyl (C=O) groups is 3. The number of likely N-dealkylation sites (N-methyl/N-ethyl adjacent to an activating group) is 1. The number of hydrogen-bond donors (Lipinski definition) is 1. The highest BCUT2D eigenvalue weighted by molar-refractivity contribution is 8.02. The fourth-order valence-electron chi connectivity index (χ4n) is 7.20. The maximum atomic E-state index is 14.8. The first-order valence-corrected chi connectivity index (χ1v) is 15.5. The number of aliphatic hydroxyl groups is 1. The molecule has 0 radical (unpaired) electrons. The van der Waals surface area contributed by atoms with E-state index in [0.717, 1.165) is 48.9 Å². The Labute approximate surface area is 243 Å². The average molecular weight is 568 g/mol. The van der Waals surface area contributed by atoms with Gasteiger partial charge in [-0.3, -0.25) is 14.4 Å². The molecule has 40 heavy (non-hydrogen) atoms. The predicted octanol–water partition coefficient (Wildman–Crippen LogP) is 4.36. The molecule has 3 saturated heterocycles. The van der Waals surface area contributed by atoms with Gasteiger partial charge in [-0.2, -0.15) is 0 Å². The number of anilines is 1. The normalized spacial score (nSPS) is 28.5. The van der Waals surface area contributed by atoms with Crippen LogP contribution in [-0.4, -0.2) is 82.0 Å². The Balaban J connectivity index is 1.77. The summed E-state index contributed by atoms with van der Waals surface area (Å²) in [6.07, 6.45) is 7.47. The van der Waals surface area contributed by atoms with Crippen LogP contribution < -0.4 is 4.90 Å². The van der Waals surface area contributed by atoms with Crippen molar-refractivity contribution in [2.24, 2.45) is 17.8 Å². The van der Waals surface area contributed by atoms with Crippen LogP contribution >= 0.6 is 11.8 Å². The third kappa shape index (κ3) is 5.13. The summed E-state index contributed by atoms with van der Waals surface area (Å²) in [5.74, 6) is -1.04. The number of fused-ring (bicyclic) bond motifs is 1. The van der Waals surface area contributed by atoms with Gasteiger partial charge in [0.2, 0.25) is 11.8 Å². The van der Waals surface area contributed by atoms with Crippen molar-refractivity contribution in [2.45, 2.75) is 68.9 Å². The zero-order chi connectivity index (χ0) is 29.2. The first-order valence-electron chi connectivity index (χ1n) is 14.6. The largest absolute Gasteiger partial charge is 0.396 e. The monoisotopic (exact) mass is 567 g/mol. The summed E-state index contributed by atoms with van der Waals surface area (Å²) >= 11 is 1.72. The van der Waals surface area contributed by atoms with E-state index < -0.39 is 22.6 Å². The van der Waals surface area contributed by atoms with Crippen molar-refractivity contribution in [1.29, 1.82) is 0 Å². The molecule has 0 saturated carbocycles. The summed E-state index contributed by atoms with van der Waals surface area (Å²) < 4.78 is -0.656. The lowest BCUT2D eigenvalue weighted by atomic mass is 9.65. The third-order valence-corrected chi connectivity index (χ3v) is 11.2. The molecule has 8 heteroatoms. The molecule has 4 rings (SSSR count). The second-order valence-corrected chi connectivity index (χ2v) is 13.3. The molecule has 3 aliphatic rings. The fraction of sp³-hybridized carbons (Fsp3) is 0.594. The van der Waals surface area contributed by atoms with Crippen LogP contribution in [0.25, 0.3) is 0 Å². The first-order chi connectivity index (χ1) is 19.1. The summed E-state index contributed by atoms with van der Waals surface area (Å²) in [6, 6.07) is 5.43. The summed E-state index contributed by atoms with van der Waals surface area (Å²) in [5.41, 5.74) is 2.89. The van der Waals surface area contributed by atoms with Crippen LogP contribution in [0.3, 0.4) is 0 Å². The highest BCUT2D eigenvalue weighted by Gasteiger charge is 2.76. The van der Waals surface area contributed by atoms with Crippen molar-refractivity contribution in [3.05, 3.63) is 54.6 Å². The first kappa shape index (κ1) is 30.4. The number of aliphatic hydroxyl groups excluding tert-OH is 1. The molecule has 1 N–H and O–H groups in total. The van der Waals surface area contributed by atoms with Gasteiger partial charge in [-0.1, -0.05) is 44.1 Å². The lowest BCUT2D eigenvalue weighted by molar-refractivity contribution is -0.143. The SMILES string of the molecule is C=CCN(C)C(=O)[C@@H]1[C@H]2C(=O)N(CCCCCCO)C(C(=O)N(CC=C)c3cc(C)ccc3C)C23S[C@@H]1CC3C. The van der Waals surface area contributed by atoms with Gasteiger partial charge >= 0.3 is 0 Å². The second-order valence-electron chi connectivity index (χ2n) is 11.8. The highest BCUT2D eigenvalue weighted by Crippen LogP contribution is 2.69. The van der Waals surface area contributed by atoms with E-state index in [1.165, 1.54) is 0 Å². The lowest BCUT2D eigenvalue weighted by Gasteiger charge is -2.41. The van der Waals surface area contributed by atoms with Crippen LogP contribution in [0.2, 0.25) is 0 Å². The molecule has 2 bridgehead atoms. The van der Waals surface area contributed by atoms with Crippen molar-refractivity contribution >= 4 is 35.2 Å². The predicted molar refractivity (Wildman–Crippen MR) is 162 cm³/mol. The Morgan fingerprint density at radius 1 is 1.12 bits per heavy atom. The van der Waals surface area contributed by atoms with Crippen molar-refractivity contribution in [3.63, 3.8) is 0 Å². The van der Waals surface area contributed by atoms with Gasteiger partial charge in [0.25, 0.3) is 5.91 Å². The van der Waals surface area contributed by atoms with E-state index in [-0.39, 0.29) is 35.5 Å². The standard InChI is InChI=1S/C32H45N3O4S/c1-7-15-33(6)29(37)26-25-20-23(5)32(40-25)27(26)30(38)35(17-11-9-10-12-18-36)28(32)31(39)34(16-8-2)24-19-21(3)13-14-22(24)4/h7-8,13-14,19,23,25-28,36H,1-2,9-12,15-18,20H2,3-6H3/t23?,25-,26+,27+,28?,32?/m1/s1. The Kier molecular flexibility index (Phi) is 9.51. The van der Waals surface area contributed by atoms with E-state index in [1.807, 2.05) is 36.9 Å². The molecule has 6 atom stereocenters. The Morgan fingerprint density at radius 3 is 2.50 bits per heavy atom. The van der Waals surface area contributed by atoms with Gasteiger partial charge in [0.15, 0.2) is 0 Å². The van der Waals surface area contributed by atoms with Gasteiger partial charge in [-0.05, 0) is 56.2 Å². The van der Waals surface area contributed by atoms with E-state index in [0.29, 0.717) is 19.6 Å². The molecule has 7 nitrogen and oxygen atoms in total. The maximum Gasteiger partial charge on any atom is 0.251 e. The van der Waals surface area contributed by atoms with E-state index in [1.54, 1.807) is 40.8 Å². The number of benzene rings is 1. The quantitative estimate of drug-likeness (QED) is 0.283. The molecule has 0 aliphatic carbocycles. The molecule has 3 aliphatic heterocycles. The number of unbranched alkanes of at least 4 members (excludes halogenated alkanes) is 3. The number of rotatable bonds is 13. The van der Waals surface area contributed by atoms with E-state index in [2.05, 4.69) is 20.1 Å². The molecule has 0 aromatic heterocycles. The van der Waals surface area contributed by atoms with E-state index >= 15 is 0 Å². The summed E-state index contributed by atoms with van der Waals surface area (Å²) in [6.45, 7) is 15.3.